The van der Waals surface area contributed by atoms with Crippen LogP contribution < -0.4 is 10.1 Å². The zero-order valence-corrected chi connectivity index (χ0v) is 17.1. The molecule has 0 atom stereocenters. The average molecular weight is 426 g/mol. The van der Waals surface area contributed by atoms with Crippen molar-refractivity contribution in [2.75, 3.05) is 12.4 Å². The summed E-state index contributed by atoms with van der Waals surface area (Å²) in [5.74, 6) is 0.263. The highest BCUT2D eigenvalue weighted by Gasteiger charge is 2.15. The molecule has 0 spiro atoms. The third kappa shape index (κ3) is 4.59. The second-order valence-electron chi connectivity index (χ2n) is 6.82. The molecule has 1 N–H and O–H groups in total. The van der Waals surface area contributed by atoms with Gasteiger partial charge in [-0.15, -0.1) is 0 Å². The van der Waals surface area contributed by atoms with Crippen molar-refractivity contribution < 1.29 is 14.5 Å². The van der Waals surface area contributed by atoms with Gasteiger partial charge in [-0.05, 0) is 36.4 Å². The normalized spacial score (nSPS) is 10.4. The Labute approximate surface area is 183 Å². The lowest BCUT2D eigenvalue weighted by molar-refractivity contribution is -0.384. The fraction of sp³-hybridized carbons (Fsp3) is 0.0417. The largest absolute Gasteiger partial charge is 0.497 e. The number of hydrogen-bond donors (Lipinski definition) is 1. The Balaban J connectivity index is 1.72. The number of ether oxygens (including phenoxy) is 1. The smallest absolute Gasteiger partial charge is 0.270 e. The van der Waals surface area contributed by atoms with Crippen molar-refractivity contribution in [1.29, 1.82) is 0 Å². The van der Waals surface area contributed by atoms with Gasteiger partial charge in [-0.3, -0.25) is 20.2 Å². The Kier molecular flexibility index (Phi) is 5.85. The van der Waals surface area contributed by atoms with Gasteiger partial charge < -0.3 is 4.74 Å². The molecule has 0 aliphatic carbocycles. The van der Waals surface area contributed by atoms with E-state index in [2.05, 4.69) is 15.3 Å². The molecule has 158 valence electrons. The quantitative estimate of drug-likeness (QED) is 0.344. The van der Waals surface area contributed by atoms with Crippen molar-refractivity contribution in [2.24, 2.45) is 0 Å². The minimum Gasteiger partial charge on any atom is -0.497 e. The summed E-state index contributed by atoms with van der Waals surface area (Å²) in [5.41, 5.74) is 2.87. The summed E-state index contributed by atoms with van der Waals surface area (Å²) in [5, 5.41) is 13.7. The maximum absolute atomic E-state index is 12.7. The van der Waals surface area contributed by atoms with E-state index in [0.29, 0.717) is 17.1 Å². The third-order valence-corrected chi connectivity index (χ3v) is 4.73. The summed E-state index contributed by atoms with van der Waals surface area (Å²) in [7, 11) is 1.59. The Bertz CT molecular complexity index is 1270. The summed E-state index contributed by atoms with van der Waals surface area (Å²) in [6, 6.07) is 24.2. The lowest BCUT2D eigenvalue weighted by atomic mass is 10.1. The number of non-ortho nitro benzene ring substituents is 1. The van der Waals surface area contributed by atoms with Crippen molar-refractivity contribution in [3.8, 4) is 28.3 Å². The van der Waals surface area contributed by atoms with Gasteiger partial charge in [0.05, 0.1) is 23.4 Å². The van der Waals surface area contributed by atoms with Gasteiger partial charge in [0.25, 0.3) is 11.6 Å². The molecule has 0 unspecified atom stereocenters. The second-order valence-corrected chi connectivity index (χ2v) is 6.82. The first-order valence-electron chi connectivity index (χ1n) is 9.68. The van der Waals surface area contributed by atoms with E-state index in [1.807, 2.05) is 60.7 Å². The summed E-state index contributed by atoms with van der Waals surface area (Å²) in [6.45, 7) is 0. The van der Waals surface area contributed by atoms with Crippen LogP contribution in [-0.2, 0) is 0 Å². The van der Waals surface area contributed by atoms with Gasteiger partial charge >= 0.3 is 0 Å². The number of nitrogens with zero attached hydrogens (tertiary/aromatic N) is 3. The molecule has 0 saturated heterocycles. The van der Waals surface area contributed by atoms with Crippen LogP contribution in [0.1, 0.15) is 10.4 Å². The van der Waals surface area contributed by atoms with E-state index in [4.69, 9.17) is 4.74 Å². The van der Waals surface area contributed by atoms with Gasteiger partial charge in [-0.25, -0.2) is 9.97 Å². The number of aromatic nitrogens is 2. The van der Waals surface area contributed by atoms with Crippen LogP contribution in [0.25, 0.3) is 22.5 Å². The van der Waals surface area contributed by atoms with E-state index >= 15 is 0 Å². The van der Waals surface area contributed by atoms with Crippen molar-refractivity contribution in [2.45, 2.75) is 0 Å². The van der Waals surface area contributed by atoms with Gasteiger partial charge in [0, 0.05) is 28.8 Å². The van der Waals surface area contributed by atoms with Gasteiger partial charge in [-0.2, -0.15) is 0 Å². The number of methoxy groups -OCH3 is 1. The summed E-state index contributed by atoms with van der Waals surface area (Å²) in [6.07, 6.45) is 0. The first-order valence-corrected chi connectivity index (χ1v) is 9.68. The van der Waals surface area contributed by atoms with Crippen molar-refractivity contribution >= 4 is 17.5 Å². The topological polar surface area (TPSA) is 107 Å². The number of nitro benzene ring substituents is 1. The molecule has 1 aromatic heterocycles. The highest BCUT2D eigenvalue weighted by Crippen LogP contribution is 2.27. The molecule has 1 amide bonds. The molecule has 0 bridgehead atoms. The monoisotopic (exact) mass is 426 g/mol. The van der Waals surface area contributed by atoms with Crippen LogP contribution >= 0.6 is 0 Å². The predicted octanol–water partition coefficient (Wildman–Crippen LogP) is 4.98. The molecule has 8 nitrogen and oxygen atoms in total. The van der Waals surface area contributed by atoms with E-state index in [1.165, 1.54) is 24.3 Å². The molecule has 3 aromatic carbocycles. The maximum Gasteiger partial charge on any atom is 0.270 e. The number of anilines is 1. The molecular weight excluding hydrogens is 408 g/mol. The number of nitrogens with one attached hydrogen (secondary N) is 1. The van der Waals surface area contributed by atoms with Crippen LogP contribution in [-0.4, -0.2) is 27.9 Å². The van der Waals surface area contributed by atoms with Crippen LogP contribution in [0.2, 0.25) is 0 Å². The van der Waals surface area contributed by atoms with Crippen LogP contribution in [0.15, 0.2) is 84.9 Å². The molecule has 4 aromatic rings. The Morgan fingerprint density at radius 1 is 0.875 bits per heavy atom. The van der Waals surface area contributed by atoms with E-state index in [-0.39, 0.29) is 17.2 Å². The van der Waals surface area contributed by atoms with E-state index in [0.717, 1.165) is 11.1 Å². The molecule has 0 radical (unpaired) electrons. The summed E-state index contributed by atoms with van der Waals surface area (Å²) in [4.78, 5) is 32.2. The standard InChI is InChI=1S/C24H18N4O4/c1-32-20-12-10-17(11-13-20)22-15-21(16-6-3-2-4-7-16)25-24(26-22)27-23(29)18-8-5-9-19(14-18)28(30)31/h2-15H,1H3,(H,25,26,27,29). The van der Waals surface area contributed by atoms with Gasteiger partial charge in [0.2, 0.25) is 5.95 Å². The number of hydrogen-bond acceptors (Lipinski definition) is 6. The lowest BCUT2D eigenvalue weighted by Gasteiger charge is -2.10. The molecule has 32 heavy (non-hydrogen) atoms. The number of amides is 1. The van der Waals surface area contributed by atoms with Crippen molar-refractivity contribution in [3.63, 3.8) is 0 Å². The van der Waals surface area contributed by atoms with Crippen molar-refractivity contribution in [3.05, 3.63) is 101 Å². The number of carbonyl (C=O) groups is 1. The van der Waals surface area contributed by atoms with Crippen LogP contribution in [0.4, 0.5) is 11.6 Å². The SMILES string of the molecule is COc1ccc(-c2cc(-c3ccccc3)nc(NC(=O)c3cccc([N+](=O)[O-])c3)n2)cc1. The fourth-order valence-electron chi connectivity index (χ4n) is 3.10. The minimum atomic E-state index is -0.551. The fourth-order valence-corrected chi connectivity index (χ4v) is 3.10. The molecule has 1 heterocycles. The molecule has 0 saturated carbocycles. The van der Waals surface area contributed by atoms with Crippen LogP contribution in [0.5, 0.6) is 5.75 Å². The Morgan fingerprint density at radius 3 is 2.16 bits per heavy atom. The van der Waals surface area contributed by atoms with E-state index in [9.17, 15) is 14.9 Å². The molecular formula is C24H18N4O4. The average Bonchev–Trinajstić information content (AvgIpc) is 2.84. The molecule has 4 rings (SSSR count). The second kappa shape index (κ2) is 9.05. The molecule has 8 heteroatoms. The number of benzene rings is 3. The van der Waals surface area contributed by atoms with Crippen LogP contribution in [0.3, 0.4) is 0 Å². The Hall–Kier alpha value is -4.59. The first kappa shape index (κ1) is 20.7. The molecule has 0 aliphatic rings. The number of nitro groups is 1. The Morgan fingerprint density at radius 2 is 1.53 bits per heavy atom. The van der Waals surface area contributed by atoms with Crippen molar-refractivity contribution in [1.82, 2.24) is 9.97 Å². The number of rotatable bonds is 6. The third-order valence-electron chi connectivity index (χ3n) is 4.73. The zero-order valence-electron chi connectivity index (χ0n) is 17.1. The van der Waals surface area contributed by atoms with E-state index < -0.39 is 10.8 Å². The maximum atomic E-state index is 12.7. The lowest BCUT2D eigenvalue weighted by Crippen LogP contribution is -2.15. The van der Waals surface area contributed by atoms with Gasteiger partial charge in [0.1, 0.15) is 5.75 Å². The van der Waals surface area contributed by atoms with Crippen LogP contribution in [0, 0.1) is 10.1 Å². The zero-order chi connectivity index (χ0) is 22.5. The minimum absolute atomic E-state index is 0.0914. The van der Waals surface area contributed by atoms with Gasteiger partial charge in [-0.1, -0.05) is 36.4 Å². The van der Waals surface area contributed by atoms with Gasteiger partial charge in [0.15, 0.2) is 0 Å². The highest BCUT2D eigenvalue weighted by atomic mass is 16.6. The van der Waals surface area contributed by atoms with E-state index in [1.54, 1.807) is 7.11 Å². The highest BCUT2D eigenvalue weighted by molar-refractivity contribution is 6.03. The first-order chi connectivity index (χ1) is 15.5. The summed E-state index contributed by atoms with van der Waals surface area (Å²) < 4.78 is 5.21. The molecule has 0 fully saturated rings. The summed E-state index contributed by atoms with van der Waals surface area (Å²) >= 11 is 0. The predicted molar refractivity (Wildman–Crippen MR) is 121 cm³/mol. The molecule has 0 aliphatic heterocycles. The number of carbonyl (C=O) groups excluding carboxylic acids is 1.